The number of hydrogen-bond donors (Lipinski definition) is 2. The van der Waals surface area contributed by atoms with Crippen LogP contribution in [0.15, 0.2) is 23.1 Å². The fraction of sp³-hybridized carbons (Fsp3) is 0.571. The van der Waals surface area contributed by atoms with E-state index in [2.05, 4.69) is 10.0 Å². The molecule has 1 aliphatic rings. The number of hydrogen-bond acceptors (Lipinski definition) is 3. The van der Waals surface area contributed by atoms with Crippen molar-refractivity contribution in [2.75, 3.05) is 19.6 Å². The predicted octanol–water partition coefficient (Wildman–Crippen LogP) is 2.22. The van der Waals surface area contributed by atoms with Gasteiger partial charge in [0, 0.05) is 6.54 Å². The second-order valence-corrected chi connectivity index (χ2v) is 7.02. The molecular weight excluding hydrogens is 315 g/mol. The van der Waals surface area contributed by atoms with Crippen LogP contribution in [0.1, 0.15) is 24.8 Å². The first-order valence-corrected chi connectivity index (χ1v) is 8.44. The fourth-order valence-electron chi connectivity index (χ4n) is 2.47. The molecule has 120 valence electrons. The Kier molecular flexibility index (Phi) is 7.06. The minimum absolute atomic E-state index is 0. The highest BCUT2D eigenvalue weighted by molar-refractivity contribution is 7.89. The van der Waals surface area contributed by atoms with Crippen molar-refractivity contribution < 1.29 is 12.8 Å². The Bertz CT molecular complexity index is 560. The van der Waals surface area contributed by atoms with E-state index in [-0.39, 0.29) is 17.3 Å². The van der Waals surface area contributed by atoms with Gasteiger partial charge in [-0.3, -0.25) is 0 Å². The van der Waals surface area contributed by atoms with E-state index >= 15 is 0 Å². The molecule has 0 aromatic heterocycles. The third-order valence-corrected chi connectivity index (χ3v) is 5.17. The zero-order valence-corrected chi connectivity index (χ0v) is 13.7. The number of aryl methyl sites for hydroxylation is 1. The highest BCUT2D eigenvalue weighted by Crippen LogP contribution is 2.18. The number of piperidine rings is 1. The van der Waals surface area contributed by atoms with Crippen LogP contribution >= 0.6 is 12.4 Å². The van der Waals surface area contributed by atoms with Crippen molar-refractivity contribution in [2.45, 2.75) is 31.1 Å². The van der Waals surface area contributed by atoms with Gasteiger partial charge >= 0.3 is 0 Å². The zero-order chi connectivity index (χ0) is 14.6. The lowest BCUT2D eigenvalue weighted by atomic mass is 9.96. The molecule has 0 spiro atoms. The normalized spacial score (nSPS) is 19.0. The SMILES string of the molecule is Cc1cccc(S(=O)(=O)NCCC2CCCNC2)c1F.Cl. The number of halogens is 2. The quantitative estimate of drug-likeness (QED) is 0.867. The van der Waals surface area contributed by atoms with Crippen LogP contribution in [0.5, 0.6) is 0 Å². The topological polar surface area (TPSA) is 58.2 Å². The largest absolute Gasteiger partial charge is 0.316 e. The third-order valence-electron chi connectivity index (χ3n) is 3.69. The molecule has 21 heavy (non-hydrogen) atoms. The summed E-state index contributed by atoms with van der Waals surface area (Å²) in [5.74, 6) is -0.173. The van der Waals surface area contributed by atoms with E-state index in [1.54, 1.807) is 19.1 Å². The van der Waals surface area contributed by atoms with Gasteiger partial charge in [0.25, 0.3) is 0 Å². The van der Waals surface area contributed by atoms with E-state index in [4.69, 9.17) is 0 Å². The molecule has 1 heterocycles. The monoisotopic (exact) mass is 336 g/mol. The minimum Gasteiger partial charge on any atom is -0.316 e. The molecule has 1 saturated heterocycles. The molecule has 1 unspecified atom stereocenters. The van der Waals surface area contributed by atoms with E-state index in [1.165, 1.54) is 6.07 Å². The molecule has 1 atom stereocenters. The van der Waals surface area contributed by atoms with Crippen LogP contribution in [0.2, 0.25) is 0 Å². The van der Waals surface area contributed by atoms with E-state index in [0.717, 1.165) is 32.4 Å². The second-order valence-electron chi connectivity index (χ2n) is 5.29. The third kappa shape index (κ3) is 4.92. The van der Waals surface area contributed by atoms with Gasteiger partial charge in [0.15, 0.2) is 0 Å². The van der Waals surface area contributed by atoms with E-state index in [9.17, 15) is 12.8 Å². The first kappa shape index (κ1) is 18.4. The Morgan fingerprint density at radius 1 is 1.43 bits per heavy atom. The molecule has 0 amide bonds. The van der Waals surface area contributed by atoms with Crippen LogP contribution in [0.25, 0.3) is 0 Å². The summed E-state index contributed by atoms with van der Waals surface area (Å²) in [6.45, 7) is 3.88. The van der Waals surface area contributed by atoms with Crippen LogP contribution in [0, 0.1) is 18.7 Å². The van der Waals surface area contributed by atoms with Crippen LogP contribution in [0.4, 0.5) is 4.39 Å². The number of nitrogens with one attached hydrogen (secondary N) is 2. The van der Waals surface area contributed by atoms with Crippen LogP contribution in [-0.4, -0.2) is 28.1 Å². The predicted molar refractivity (Wildman–Crippen MR) is 83.8 cm³/mol. The molecule has 2 N–H and O–H groups in total. The van der Waals surface area contributed by atoms with Gasteiger partial charge in [-0.2, -0.15) is 0 Å². The summed E-state index contributed by atoms with van der Waals surface area (Å²) in [6, 6.07) is 4.41. The lowest BCUT2D eigenvalue weighted by Crippen LogP contribution is -2.33. The summed E-state index contributed by atoms with van der Waals surface area (Å²) in [5, 5.41) is 3.29. The van der Waals surface area contributed by atoms with Crippen molar-refractivity contribution in [1.29, 1.82) is 0 Å². The van der Waals surface area contributed by atoms with Gasteiger partial charge in [0.1, 0.15) is 10.7 Å². The molecule has 2 rings (SSSR count). The second kappa shape index (κ2) is 8.08. The van der Waals surface area contributed by atoms with Gasteiger partial charge in [0.05, 0.1) is 0 Å². The van der Waals surface area contributed by atoms with E-state index in [1.807, 2.05) is 0 Å². The Labute approximate surface area is 132 Å². The van der Waals surface area contributed by atoms with E-state index < -0.39 is 15.8 Å². The summed E-state index contributed by atoms with van der Waals surface area (Å²) < 4.78 is 40.5. The minimum atomic E-state index is -3.76. The van der Waals surface area contributed by atoms with Crippen LogP contribution in [-0.2, 0) is 10.0 Å². The summed E-state index contributed by atoms with van der Waals surface area (Å²) in [7, 11) is -3.76. The summed E-state index contributed by atoms with van der Waals surface area (Å²) in [6.07, 6.45) is 3.02. The number of sulfonamides is 1. The lowest BCUT2D eigenvalue weighted by Gasteiger charge is -2.22. The molecule has 7 heteroatoms. The first-order valence-electron chi connectivity index (χ1n) is 6.96. The molecule has 1 aromatic carbocycles. The molecule has 0 bridgehead atoms. The van der Waals surface area contributed by atoms with Crippen molar-refractivity contribution in [3.63, 3.8) is 0 Å². The number of benzene rings is 1. The zero-order valence-electron chi connectivity index (χ0n) is 12.1. The highest BCUT2D eigenvalue weighted by atomic mass is 35.5. The van der Waals surface area contributed by atoms with Crippen molar-refractivity contribution >= 4 is 22.4 Å². The molecule has 1 fully saturated rings. The highest BCUT2D eigenvalue weighted by Gasteiger charge is 2.20. The van der Waals surface area contributed by atoms with Crippen molar-refractivity contribution in [2.24, 2.45) is 5.92 Å². The standard InChI is InChI=1S/C14H21FN2O2S.ClH/c1-11-4-2-6-13(14(11)15)20(18,19)17-9-7-12-5-3-8-16-10-12;/h2,4,6,12,16-17H,3,5,7-10H2,1H3;1H. The Balaban J connectivity index is 0.00000220. The van der Waals surface area contributed by atoms with Gasteiger partial charge in [-0.1, -0.05) is 12.1 Å². The first-order chi connectivity index (χ1) is 9.50. The summed E-state index contributed by atoms with van der Waals surface area (Å²) >= 11 is 0. The lowest BCUT2D eigenvalue weighted by molar-refractivity contribution is 0.358. The van der Waals surface area contributed by atoms with Crippen LogP contribution < -0.4 is 10.0 Å². The molecule has 4 nitrogen and oxygen atoms in total. The molecular formula is C14H22ClFN2O2S. The molecule has 1 aliphatic heterocycles. The van der Waals surface area contributed by atoms with Crippen molar-refractivity contribution in [3.8, 4) is 0 Å². The average molecular weight is 337 g/mol. The molecule has 0 saturated carbocycles. The molecule has 1 aromatic rings. The Hall–Kier alpha value is -0.690. The molecule has 0 radical (unpaired) electrons. The van der Waals surface area contributed by atoms with E-state index in [0.29, 0.717) is 18.0 Å². The van der Waals surface area contributed by atoms with Crippen LogP contribution in [0.3, 0.4) is 0 Å². The average Bonchev–Trinajstić information content (AvgIpc) is 2.42. The maximum Gasteiger partial charge on any atom is 0.243 e. The number of rotatable bonds is 5. The van der Waals surface area contributed by atoms with Crippen molar-refractivity contribution in [3.05, 3.63) is 29.6 Å². The van der Waals surface area contributed by atoms with Gasteiger partial charge < -0.3 is 5.32 Å². The Morgan fingerprint density at radius 3 is 2.86 bits per heavy atom. The van der Waals surface area contributed by atoms with Crippen molar-refractivity contribution in [1.82, 2.24) is 10.0 Å². The fourth-order valence-corrected chi connectivity index (χ4v) is 3.67. The van der Waals surface area contributed by atoms with Gasteiger partial charge in [-0.25, -0.2) is 17.5 Å². The Morgan fingerprint density at radius 2 is 2.19 bits per heavy atom. The molecule has 0 aliphatic carbocycles. The summed E-state index contributed by atoms with van der Waals surface area (Å²) in [4.78, 5) is -0.265. The van der Waals surface area contributed by atoms with Gasteiger partial charge in [-0.15, -0.1) is 12.4 Å². The maximum atomic E-state index is 13.9. The van der Waals surface area contributed by atoms with Gasteiger partial charge in [0.2, 0.25) is 10.0 Å². The van der Waals surface area contributed by atoms with Gasteiger partial charge in [-0.05, 0) is 56.8 Å². The maximum absolute atomic E-state index is 13.9. The smallest absolute Gasteiger partial charge is 0.243 e. The summed E-state index contributed by atoms with van der Waals surface area (Å²) in [5.41, 5.74) is 0.337.